The lowest BCUT2D eigenvalue weighted by molar-refractivity contribution is -0.116. The molecule has 2 heterocycles. The van der Waals surface area contributed by atoms with Crippen LogP contribution in [0.15, 0.2) is 42.5 Å². The first-order chi connectivity index (χ1) is 13.6. The summed E-state index contributed by atoms with van der Waals surface area (Å²) < 4.78 is 5.42. The van der Waals surface area contributed by atoms with Crippen LogP contribution in [0.1, 0.15) is 22.9 Å². The van der Waals surface area contributed by atoms with Crippen LogP contribution in [0.25, 0.3) is 11.3 Å². The second-order valence-corrected chi connectivity index (χ2v) is 8.06. The van der Waals surface area contributed by atoms with E-state index in [9.17, 15) is 4.79 Å². The number of nitrogens with one attached hydrogen (secondary N) is 1. The fourth-order valence-electron chi connectivity index (χ4n) is 3.64. The first-order valence-electron chi connectivity index (χ1n) is 9.31. The highest BCUT2D eigenvalue weighted by Crippen LogP contribution is 2.36. The molecule has 4 rings (SSSR count). The number of fused-ring (bicyclic) bond motifs is 1. The van der Waals surface area contributed by atoms with Gasteiger partial charge in [-0.25, -0.2) is 4.98 Å². The molecule has 144 valence electrons. The van der Waals surface area contributed by atoms with E-state index in [1.54, 1.807) is 25.4 Å². The molecule has 5 nitrogen and oxygen atoms in total. The van der Waals surface area contributed by atoms with Crippen molar-refractivity contribution in [2.24, 2.45) is 0 Å². The van der Waals surface area contributed by atoms with Gasteiger partial charge in [0, 0.05) is 41.7 Å². The number of benzene rings is 2. The molecule has 1 aliphatic heterocycles. The van der Waals surface area contributed by atoms with Gasteiger partial charge < -0.3 is 15.0 Å². The summed E-state index contributed by atoms with van der Waals surface area (Å²) in [6, 6.07) is 14.3. The van der Waals surface area contributed by atoms with E-state index in [2.05, 4.69) is 30.4 Å². The number of amides is 1. The summed E-state index contributed by atoms with van der Waals surface area (Å²) in [7, 11) is 1.69. The normalized spacial score (nSPS) is 12.8. The number of carbonyl (C=O) groups excluding carboxylic acids is 1. The van der Waals surface area contributed by atoms with Crippen LogP contribution in [0.4, 0.5) is 10.8 Å². The maximum atomic E-state index is 11.8. The van der Waals surface area contributed by atoms with Crippen LogP contribution in [0.3, 0.4) is 0 Å². The van der Waals surface area contributed by atoms with Crippen molar-refractivity contribution in [3.63, 3.8) is 0 Å². The van der Waals surface area contributed by atoms with E-state index in [1.807, 2.05) is 29.2 Å². The molecule has 0 bridgehead atoms. The van der Waals surface area contributed by atoms with Crippen molar-refractivity contribution in [2.45, 2.75) is 26.8 Å². The number of ether oxygens (including phenoxy) is 1. The van der Waals surface area contributed by atoms with Crippen molar-refractivity contribution < 1.29 is 9.53 Å². The molecule has 0 unspecified atom stereocenters. The number of hydrogen-bond acceptors (Lipinski definition) is 5. The molecule has 1 amide bonds. The van der Waals surface area contributed by atoms with Gasteiger partial charge in [-0.1, -0.05) is 24.3 Å². The molecule has 1 aromatic heterocycles. The molecule has 0 saturated heterocycles. The fraction of sp³-hybridized carbons (Fsp3) is 0.273. The maximum absolute atomic E-state index is 11.8. The third-order valence-electron chi connectivity index (χ3n) is 5.05. The van der Waals surface area contributed by atoms with Gasteiger partial charge in [0.2, 0.25) is 5.91 Å². The Bertz CT molecular complexity index is 1030. The minimum atomic E-state index is 0.0964. The fourth-order valence-corrected chi connectivity index (χ4v) is 4.47. The number of carbonyl (C=O) groups is 1. The Hall–Kier alpha value is -2.86. The lowest BCUT2D eigenvalue weighted by Crippen LogP contribution is -2.25. The Morgan fingerprint density at radius 3 is 2.89 bits per heavy atom. The number of methoxy groups -OCH3 is 1. The Balaban J connectivity index is 1.54. The van der Waals surface area contributed by atoms with E-state index in [0.29, 0.717) is 6.54 Å². The second kappa shape index (κ2) is 7.64. The van der Waals surface area contributed by atoms with Gasteiger partial charge in [-0.3, -0.25) is 4.79 Å². The zero-order chi connectivity index (χ0) is 19.7. The molecule has 0 aliphatic carbocycles. The largest absolute Gasteiger partial charge is 0.496 e. The highest BCUT2D eigenvalue weighted by Gasteiger charge is 2.23. The molecule has 6 heteroatoms. The van der Waals surface area contributed by atoms with Crippen molar-refractivity contribution >= 4 is 28.1 Å². The maximum Gasteiger partial charge on any atom is 0.223 e. The number of para-hydroxylation sites is 1. The summed E-state index contributed by atoms with van der Waals surface area (Å²) in [4.78, 5) is 19.6. The van der Waals surface area contributed by atoms with Gasteiger partial charge in [-0.2, -0.15) is 0 Å². The number of aromatic nitrogens is 1. The quantitative estimate of drug-likeness (QED) is 0.686. The molecule has 2 aromatic carbocycles. The molecule has 0 radical (unpaired) electrons. The third-order valence-corrected chi connectivity index (χ3v) is 5.98. The van der Waals surface area contributed by atoms with Crippen LogP contribution in [0.2, 0.25) is 0 Å². The SMILES string of the molecule is COc1ccccc1CNc1nc(-c2ccc3c(c2)CCN3C(C)=O)c(C)s1. The van der Waals surface area contributed by atoms with Crippen LogP contribution < -0.4 is 15.0 Å². The predicted molar refractivity (Wildman–Crippen MR) is 114 cm³/mol. The summed E-state index contributed by atoms with van der Waals surface area (Å²) >= 11 is 1.65. The zero-order valence-electron chi connectivity index (χ0n) is 16.3. The molecular formula is C22H23N3O2S. The molecule has 0 fully saturated rings. The number of aryl methyl sites for hydroxylation is 1. The number of nitrogens with zero attached hydrogens (tertiary/aromatic N) is 2. The first kappa shape index (κ1) is 18.5. The molecule has 0 atom stereocenters. The topological polar surface area (TPSA) is 54.5 Å². The van der Waals surface area contributed by atoms with Gasteiger partial charge in [0.25, 0.3) is 0 Å². The van der Waals surface area contributed by atoms with Crippen molar-refractivity contribution in [2.75, 3.05) is 23.9 Å². The van der Waals surface area contributed by atoms with Gasteiger partial charge >= 0.3 is 0 Å². The minimum absolute atomic E-state index is 0.0964. The van der Waals surface area contributed by atoms with Crippen molar-refractivity contribution in [3.8, 4) is 17.0 Å². The smallest absolute Gasteiger partial charge is 0.223 e. The lowest BCUT2D eigenvalue weighted by atomic mass is 10.1. The Kier molecular flexibility index (Phi) is 5.05. The van der Waals surface area contributed by atoms with E-state index < -0.39 is 0 Å². The Morgan fingerprint density at radius 1 is 1.29 bits per heavy atom. The standard InChI is InChI=1S/C22H23N3O2S/c1-14-21(17-8-9-19-16(12-17)10-11-25(19)15(2)26)24-22(28-14)23-13-18-6-4-5-7-20(18)27-3/h4-9,12H,10-11,13H2,1-3H3,(H,23,24). The van der Waals surface area contributed by atoms with Crippen molar-refractivity contribution in [1.82, 2.24) is 4.98 Å². The van der Waals surface area contributed by atoms with Gasteiger partial charge in [-0.05, 0) is 37.1 Å². The van der Waals surface area contributed by atoms with Crippen LogP contribution in [0.5, 0.6) is 5.75 Å². The third kappa shape index (κ3) is 3.47. The van der Waals surface area contributed by atoms with Gasteiger partial charge in [0.15, 0.2) is 5.13 Å². The minimum Gasteiger partial charge on any atom is -0.496 e. The predicted octanol–water partition coefficient (Wildman–Crippen LogP) is 4.65. The van der Waals surface area contributed by atoms with Gasteiger partial charge in [0.1, 0.15) is 5.75 Å². The number of rotatable bonds is 5. The zero-order valence-corrected chi connectivity index (χ0v) is 17.1. The summed E-state index contributed by atoms with van der Waals surface area (Å²) in [6.45, 7) is 5.13. The summed E-state index contributed by atoms with van der Waals surface area (Å²) in [6.07, 6.45) is 0.894. The highest BCUT2D eigenvalue weighted by atomic mass is 32.1. The summed E-state index contributed by atoms with van der Waals surface area (Å²) in [5, 5.41) is 4.31. The number of hydrogen-bond donors (Lipinski definition) is 1. The van der Waals surface area contributed by atoms with Crippen LogP contribution in [0, 0.1) is 6.92 Å². The van der Waals surface area contributed by atoms with E-state index in [1.165, 1.54) is 10.4 Å². The Morgan fingerprint density at radius 2 is 2.11 bits per heavy atom. The second-order valence-electron chi connectivity index (χ2n) is 6.85. The Labute approximate surface area is 169 Å². The molecular weight excluding hydrogens is 370 g/mol. The molecule has 3 aromatic rings. The number of thiazole rings is 1. The average Bonchev–Trinajstić information content (AvgIpc) is 3.29. The molecule has 1 N–H and O–H groups in total. The average molecular weight is 394 g/mol. The van der Waals surface area contributed by atoms with Crippen LogP contribution in [-0.4, -0.2) is 24.5 Å². The molecule has 1 aliphatic rings. The summed E-state index contributed by atoms with van der Waals surface area (Å²) in [5.74, 6) is 0.969. The van der Waals surface area contributed by atoms with Crippen molar-refractivity contribution in [3.05, 3.63) is 58.5 Å². The van der Waals surface area contributed by atoms with Crippen molar-refractivity contribution in [1.29, 1.82) is 0 Å². The van der Waals surface area contributed by atoms with E-state index in [-0.39, 0.29) is 5.91 Å². The lowest BCUT2D eigenvalue weighted by Gasteiger charge is -2.14. The van der Waals surface area contributed by atoms with E-state index >= 15 is 0 Å². The van der Waals surface area contributed by atoms with Crippen LogP contribution in [-0.2, 0) is 17.8 Å². The monoisotopic (exact) mass is 393 g/mol. The van der Waals surface area contributed by atoms with Crippen LogP contribution >= 0.6 is 11.3 Å². The molecule has 0 saturated carbocycles. The van der Waals surface area contributed by atoms with Gasteiger partial charge in [-0.15, -0.1) is 11.3 Å². The first-order valence-corrected chi connectivity index (χ1v) is 10.1. The van der Waals surface area contributed by atoms with E-state index in [4.69, 9.17) is 9.72 Å². The van der Waals surface area contributed by atoms with E-state index in [0.717, 1.165) is 46.4 Å². The summed E-state index contributed by atoms with van der Waals surface area (Å²) in [5.41, 5.74) is 5.43. The number of anilines is 2. The molecule has 0 spiro atoms. The highest BCUT2D eigenvalue weighted by molar-refractivity contribution is 7.16. The van der Waals surface area contributed by atoms with Gasteiger partial charge in [0.05, 0.1) is 12.8 Å². The molecule has 28 heavy (non-hydrogen) atoms.